The minimum atomic E-state index is 0.850. The standard InChI is InChI=1S/C15H15N/c1-10-4-5-16(9-10)13-6-11-2-3-12-7-14(11)15(12)8-13/h2-3,6-8,10H,4-5,9H2,1H3/t10-/m1/s1. The highest BCUT2D eigenvalue weighted by atomic mass is 15.1. The van der Waals surface area contributed by atoms with Crippen molar-refractivity contribution >= 4 is 16.5 Å². The van der Waals surface area contributed by atoms with Gasteiger partial charge in [0.1, 0.15) is 0 Å². The molecule has 0 N–H and O–H groups in total. The number of nitrogens with zero attached hydrogens (tertiary/aromatic N) is 1. The molecule has 0 saturated carbocycles. The number of benzene rings is 3. The largest absolute Gasteiger partial charge is 0.371 e. The third-order valence-corrected chi connectivity index (χ3v) is 4.04. The summed E-state index contributed by atoms with van der Waals surface area (Å²) in [5, 5.41) is 2.86. The Bertz CT molecular complexity index is 585. The normalized spacial score (nSPS) is 21.8. The summed E-state index contributed by atoms with van der Waals surface area (Å²) >= 11 is 0. The Balaban J connectivity index is 1.82. The van der Waals surface area contributed by atoms with E-state index in [0.717, 1.165) is 5.92 Å². The molecule has 0 aromatic heterocycles. The van der Waals surface area contributed by atoms with Crippen molar-refractivity contribution in [3.05, 3.63) is 30.3 Å². The molecule has 0 amide bonds. The first-order chi connectivity index (χ1) is 7.81. The maximum Gasteiger partial charge on any atom is 0.0378 e. The second-order valence-electron chi connectivity index (χ2n) is 5.27. The molecule has 0 spiro atoms. The molecular weight excluding hydrogens is 194 g/mol. The van der Waals surface area contributed by atoms with E-state index in [2.05, 4.69) is 42.2 Å². The van der Waals surface area contributed by atoms with Crippen LogP contribution in [0.15, 0.2) is 30.3 Å². The number of anilines is 1. The molecule has 1 saturated heterocycles. The summed E-state index contributed by atoms with van der Waals surface area (Å²) < 4.78 is 0. The highest BCUT2D eigenvalue weighted by Crippen LogP contribution is 2.42. The Morgan fingerprint density at radius 3 is 2.81 bits per heavy atom. The summed E-state index contributed by atoms with van der Waals surface area (Å²) in [6, 6.07) is 11.5. The zero-order chi connectivity index (χ0) is 10.7. The second kappa shape index (κ2) is 2.79. The molecule has 1 nitrogen and oxygen atoms in total. The fraction of sp³-hybridized carbons (Fsp3) is 0.333. The Kier molecular flexibility index (Phi) is 1.50. The molecule has 1 aliphatic carbocycles. The van der Waals surface area contributed by atoms with Crippen LogP contribution in [0.5, 0.6) is 0 Å². The van der Waals surface area contributed by atoms with Crippen molar-refractivity contribution in [2.45, 2.75) is 13.3 Å². The van der Waals surface area contributed by atoms with Crippen LogP contribution in [0.4, 0.5) is 5.69 Å². The van der Waals surface area contributed by atoms with Gasteiger partial charge in [-0.2, -0.15) is 0 Å². The lowest BCUT2D eigenvalue weighted by atomic mass is 9.87. The van der Waals surface area contributed by atoms with Crippen molar-refractivity contribution < 1.29 is 0 Å². The molecule has 4 rings (SSSR count). The van der Waals surface area contributed by atoms with E-state index in [1.165, 1.54) is 47.1 Å². The van der Waals surface area contributed by atoms with E-state index < -0.39 is 0 Å². The van der Waals surface area contributed by atoms with E-state index >= 15 is 0 Å². The molecule has 0 radical (unpaired) electrons. The van der Waals surface area contributed by atoms with Gasteiger partial charge in [-0.3, -0.25) is 0 Å². The van der Waals surface area contributed by atoms with Gasteiger partial charge < -0.3 is 4.90 Å². The average molecular weight is 209 g/mol. The third kappa shape index (κ3) is 1.01. The minimum absolute atomic E-state index is 0.850. The van der Waals surface area contributed by atoms with Gasteiger partial charge in [-0.05, 0) is 52.4 Å². The lowest BCUT2D eigenvalue weighted by Crippen LogP contribution is -2.19. The van der Waals surface area contributed by atoms with E-state index in [1.807, 2.05) is 0 Å². The topological polar surface area (TPSA) is 3.24 Å². The first-order valence-corrected chi connectivity index (χ1v) is 6.14. The van der Waals surface area contributed by atoms with Gasteiger partial charge in [0.05, 0.1) is 0 Å². The van der Waals surface area contributed by atoms with Crippen molar-refractivity contribution in [1.82, 2.24) is 0 Å². The van der Waals surface area contributed by atoms with Crippen molar-refractivity contribution in [3.8, 4) is 11.1 Å². The van der Waals surface area contributed by atoms with Gasteiger partial charge in [-0.1, -0.05) is 19.1 Å². The van der Waals surface area contributed by atoms with Crippen LogP contribution in [0.1, 0.15) is 13.3 Å². The lowest BCUT2D eigenvalue weighted by Gasteiger charge is -2.24. The van der Waals surface area contributed by atoms with Gasteiger partial charge in [-0.25, -0.2) is 0 Å². The van der Waals surface area contributed by atoms with Crippen LogP contribution in [-0.4, -0.2) is 13.1 Å². The van der Waals surface area contributed by atoms with Gasteiger partial charge in [0.2, 0.25) is 0 Å². The lowest BCUT2D eigenvalue weighted by molar-refractivity contribution is 0.659. The first-order valence-electron chi connectivity index (χ1n) is 6.14. The SMILES string of the molecule is C[C@@H]1CCN(c2cc3c4cc-3ccc4c2)C1. The molecule has 1 fully saturated rings. The van der Waals surface area contributed by atoms with Crippen molar-refractivity contribution in [3.63, 3.8) is 0 Å². The average Bonchev–Trinajstić information content (AvgIpc) is 2.69. The van der Waals surface area contributed by atoms with Gasteiger partial charge in [0.15, 0.2) is 0 Å². The number of hydrogen-bond acceptors (Lipinski definition) is 1. The molecule has 1 heteroatoms. The number of rotatable bonds is 1. The monoisotopic (exact) mass is 209 g/mol. The number of fused-ring (bicyclic) bond motifs is 2. The molecular formula is C15H15N. The predicted molar refractivity (Wildman–Crippen MR) is 68.9 cm³/mol. The maximum atomic E-state index is 2.53. The molecule has 1 heterocycles. The van der Waals surface area contributed by atoms with E-state index in [-0.39, 0.29) is 0 Å². The quantitative estimate of drug-likeness (QED) is 0.591. The van der Waals surface area contributed by atoms with Crippen LogP contribution >= 0.6 is 0 Å². The summed E-state index contributed by atoms with van der Waals surface area (Å²) in [5.74, 6) is 0.850. The summed E-state index contributed by atoms with van der Waals surface area (Å²) in [5.41, 5.74) is 4.30. The predicted octanol–water partition coefficient (Wildman–Crippen LogP) is 3.67. The molecule has 2 aliphatic rings. The zero-order valence-corrected chi connectivity index (χ0v) is 9.53. The fourth-order valence-electron chi connectivity index (χ4n) is 3.02. The van der Waals surface area contributed by atoms with Crippen molar-refractivity contribution in [2.75, 3.05) is 18.0 Å². The number of hydrogen-bond donors (Lipinski definition) is 0. The van der Waals surface area contributed by atoms with Crippen LogP contribution in [0.25, 0.3) is 21.9 Å². The van der Waals surface area contributed by atoms with Gasteiger partial charge in [0.25, 0.3) is 0 Å². The molecule has 2 bridgehead atoms. The fourth-order valence-corrected chi connectivity index (χ4v) is 3.02. The molecule has 1 atom stereocenters. The van der Waals surface area contributed by atoms with Gasteiger partial charge in [0, 0.05) is 18.8 Å². The second-order valence-corrected chi connectivity index (χ2v) is 5.27. The van der Waals surface area contributed by atoms with Crippen LogP contribution in [0.2, 0.25) is 0 Å². The van der Waals surface area contributed by atoms with Gasteiger partial charge in [-0.15, -0.1) is 0 Å². The Hall–Kier alpha value is -1.50. The van der Waals surface area contributed by atoms with E-state index in [9.17, 15) is 0 Å². The highest BCUT2D eigenvalue weighted by Gasteiger charge is 2.22. The van der Waals surface area contributed by atoms with Crippen LogP contribution in [0.3, 0.4) is 0 Å². The Morgan fingerprint density at radius 1 is 1.19 bits per heavy atom. The highest BCUT2D eigenvalue weighted by molar-refractivity contribution is 6.08. The summed E-state index contributed by atoms with van der Waals surface area (Å²) in [6.45, 7) is 4.79. The molecule has 1 aliphatic heterocycles. The summed E-state index contributed by atoms with van der Waals surface area (Å²) in [4.78, 5) is 2.53. The van der Waals surface area contributed by atoms with Gasteiger partial charge >= 0.3 is 0 Å². The molecule has 0 unspecified atom stereocenters. The third-order valence-electron chi connectivity index (χ3n) is 4.04. The van der Waals surface area contributed by atoms with Crippen LogP contribution < -0.4 is 4.90 Å². The summed E-state index contributed by atoms with van der Waals surface area (Å²) in [6.07, 6.45) is 1.34. The van der Waals surface area contributed by atoms with E-state index in [0.29, 0.717) is 0 Å². The maximum absolute atomic E-state index is 2.53. The molecule has 80 valence electrons. The van der Waals surface area contributed by atoms with E-state index in [4.69, 9.17) is 0 Å². The smallest absolute Gasteiger partial charge is 0.0378 e. The van der Waals surface area contributed by atoms with E-state index in [1.54, 1.807) is 0 Å². The zero-order valence-electron chi connectivity index (χ0n) is 9.53. The molecule has 2 aromatic rings. The molecule has 2 aromatic carbocycles. The Morgan fingerprint density at radius 2 is 2.12 bits per heavy atom. The van der Waals surface area contributed by atoms with Crippen molar-refractivity contribution in [1.29, 1.82) is 0 Å². The Labute approximate surface area is 95.7 Å². The minimum Gasteiger partial charge on any atom is -0.371 e. The van der Waals surface area contributed by atoms with Crippen molar-refractivity contribution in [2.24, 2.45) is 5.92 Å². The van der Waals surface area contributed by atoms with Crippen LogP contribution in [-0.2, 0) is 0 Å². The first kappa shape index (κ1) is 8.63. The summed E-state index contributed by atoms with van der Waals surface area (Å²) in [7, 11) is 0. The molecule has 16 heavy (non-hydrogen) atoms. The van der Waals surface area contributed by atoms with Crippen LogP contribution in [0, 0.1) is 5.92 Å².